The Morgan fingerprint density at radius 2 is 1.30 bits per heavy atom. The number of amides is 3. The van der Waals surface area contributed by atoms with Crippen molar-refractivity contribution in [3.63, 3.8) is 0 Å². The standard InChI is InChI=1S/C36H43N3O7/c1-5-22(3)31(39-36(44)46-21-29-27-18-12-10-16-25(27)26-17-11-13-19-28(26)29)33(41)38-32(23(4)40)34(42)37-30(35(43)45-6-2)20-24-14-8-7-9-15-24/h7-19,22-23,29-32,40H,5-6,20-21H2,1-4H3,(H,37,42)(H,38,41)(H,39,44)/t22-,23+,30-,31-,32-/m0/s1. The lowest BCUT2D eigenvalue weighted by Crippen LogP contribution is -2.60. The Bertz CT molecular complexity index is 1460. The van der Waals surface area contributed by atoms with Crippen molar-refractivity contribution >= 4 is 23.9 Å². The molecule has 244 valence electrons. The van der Waals surface area contributed by atoms with Crippen molar-refractivity contribution < 1.29 is 33.8 Å². The molecule has 0 saturated carbocycles. The van der Waals surface area contributed by atoms with Gasteiger partial charge in [0.05, 0.1) is 12.7 Å². The van der Waals surface area contributed by atoms with Gasteiger partial charge in [0.1, 0.15) is 24.7 Å². The zero-order valence-corrected chi connectivity index (χ0v) is 26.7. The first-order valence-electron chi connectivity index (χ1n) is 15.7. The van der Waals surface area contributed by atoms with Gasteiger partial charge in [-0.1, -0.05) is 99.1 Å². The van der Waals surface area contributed by atoms with Gasteiger partial charge in [0.25, 0.3) is 0 Å². The summed E-state index contributed by atoms with van der Waals surface area (Å²) in [4.78, 5) is 52.7. The van der Waals surface area contributed by atoms with E-state index in [2.05, 4.69) is 16.0 Å². The van der Waals surface area contributed by atoms with E-state index in [4.69, 9.17) is 9.47 Å². The molecule has 3 aromatic rings. The van der Waals surface area contributed by atoms with Crippen molar-refractivity contribution in [1.82, 2.24) is 16.0 Å². The molecule has 0 radical (unpaired) electrons. The summed E-state index contributed by atoms with van der Waals surface area (Å²) in [5.41, 5.74) is 5.11. The number of aliphatic hydroxyl groups excluding tert-OH is 1. The van der Waals surface area contributed by atoms with Crippen molar-refractivity contribution in [2.24, 2.45) is 5.92 Å². The Morgan fingerprint density at radius 1 is 0.739 bits per heavy atom. The monoisotopic (exact) mass is 629 g/mol. The van der Waals surface area contributed by atoms with Crippen LogP contribution in [0.15, 0.2) is 78.9 Å². The highest BCUT2D eigenvalue weighted by molar-refractivity contribution is 5.93. The number of hydrogen-bond acceptors (Lipinski definition) is 7. The first kappa shape index (κ1) is 34.2. The minimum Gasteiger partial charge on any atom is -0.464 e. The lowest BCUT2D eigenvalue weighted by Gasteiger charge is -2.28. The Labute approximate surface area is 269 Å². The SMILES string of the molecule is CCOC(=O)[C@H](Cc1ccccc1)NC(=O)[C@@H](NC(=O)[C@@H](NC(=O)OCC1c2ccccc2-c2ccccc21)[C@@H](C)CC)[C@@H](C)O. The fourth-order valence-corrected chi connectivity index (χ4v) is 5.66. The van der Waals surface area contributed by atoms with E-state index in [9.17, 15) is 24.3 Å². The van der Waals surface area contributed by atoms with Gasteiger partial charge < -0.3 is 30.5 Å². The molecule has 0 heterocycles. The molecule has 3 amide bonds. The highest BCUT2D eigenvalue weighted by Crippen LogP contribution is 2.44. The summed E-state index contributed by atoms with van der Waals surface area (Å²) in [5.74, 6) is -2.55. The van der Waals surface area contributed by atoms with Crippen LogP contribution >= 0.6 is 0 Å². The summed E-state index contributed by atoms with van der Waals surface area (Å²) in [6, 6.07) is 21.6. The maximum atomic E-state index is 13.5. The van der Waals surface area contributed by atoms with Crippen molar-refractivity contribution in [3.8, 4) is 11.1 Å². The lowest BCUT2D eigenvalue weighted by atomic mass is 9.97. The minimum atomic E-state index is -1.41. The number of ether oxygens (including phenoxy) is 2. The van der Waals surface area contributed by atoms with Crippen LogP contribution in [0.5, 0.6) is 0 Å². The number of aliphatic hydroxyl groups is 1. The van der Waals surface area contributed by atoms with Gasteiger partial charge in [-0.05, 0) is 47.6 Å². The van der Waals surface area contributed by atoms with E-state index < -0.39 is 48.1 Å². The molecule has 0 spiro atoms. The zero-order chi connectivity index (χ0) is 33.2. The molecule has 0 unspecified atom stereocenters. The molecule has 10 heteroatoms. The summed E-state index contributed by atoms with van der Waals surface area (Å²) in [6.45, 7) is 6.88. The van der Waals surface area contributed by atoms with E-state index in [0.29, 0.717) is 6.42 Å². The van der Waals surface area contributed by atoms with Gasteiger partial charge in [-0.25, -0.2) is 9.59 Å². The van der Waals surface area contributed by atoms with E-state index in [0.717, 1.165) is 27.8 Å². The molecular weight excluding hydrogens is 586 g/mol. The molecule has 1 aliphatic carbocycles. The maximum Gasteiger partial charge on any atom is 0.407 e. The molecular formula is C36H43N3O7. The van der Waals surface area contributed by atoms with Crippen LogP contribution in [0.25, 0.3) is 11.1 Å². The van der Waals surface area contributed by atoms with Gasteiger partial charge in [-0.3, -0.25) is 9.59 Å². The molecule has 5 atom stereocenters. The third-order valence-electron chi connectivity index (χ3n) is 8.35. The van der Waals surface area contributed by atoms with Gasteiger partial charge >= 0.3 is 12.1 Å². The summed E-state index contributed by atoms with van der Waals surface area (Å²) >= 11 is 0. The topological polar surface area (TPSA) is 143 Å². The summed E-state index contributed by atoms with van der Waals surface area (Å²) in [5, 5.41) is 18.4. The quantitative estimate of drug-likeness (QED) is 0.197. The Balaban J connectivity index is 1.42. The van der Waals surface area contributed by atoms with E-state index in [1.807, 2.05) is 85.8 Å². The van der Waals surface area contributed by atoms with Gasteiger partial charge in [0.2, 0.25) is 11.8 Å². The predicted octanol–water partition coefficient (Wildman–Crippen LogP) is 4.10. The average molecular weight is 630 g/mol. The van der Waals surface area contributed by atoms with Gasteiger partial charge in [-0.2, -0.15) is 0 Å². The van der Waals surface area contributed by atoms with Gasteiger partial charge in [-0.15, -0.1) is 0 Å². The molecule has 0 bridgehead atoms. The van der Waals surface area contributed by atoms with Crippen LogP contribution in [0.2, 0.25) is 0 Å². The summed E-state index contributed by atoms with van der Waals surface area (Å²) in [6.07, 6.45) is -1.39. The largest absolute Gasteiger partial charge is 0.464 e. The number of nitrogens with one attached hydrogen (secondary N) is 3. The van der Waals surface area contributed by atoms with Crippen LogP contribution in [0, 0.1) is 5.92 Å². The number of fused-ring (bicyclic) bond motifs is 3. The maximum absolute atomic E-state index is 13.5. The highest BCUT2D eigenvalue weighted by Gasteiger charge is 2.35. The van der Waals surface area contributed by atoms with E-state index in [1.165, 1.54) is 6.92 Å². The lowest BCUT2D eigenvalue weighted by molar-refractivity contribution is -0.148. The van der Waals surface area contributed by atoms with Crippen LogP contribution in [-0.2, 0) is 30.3 Å². The predicted molar refractivity (Wildman–Crippen MR) is 174 cm³/mol. The second kappa shape index (κ2) is 16.0. The molecule has 10 nitrogen and oxygen atoms in total. The number of hydrogen-bond donors (Lipinski definition) is 4. The molecule has 4 rings (SSSR count). The van der Waals surface area contributed by atoms with Crippen LogP contribution in [0.3, 0.4) is 0 Å². The number of esters is 1. The summed E-state index contributed by atoms with van der Waals surface area (Å²) in [7, 11) is 0. The molecule has 4 N–H and O–H groups in total. The third kappa shape index (κ3) is 8.31. The molecule has 46 heavy (non-hydrogen) atoms. The zero-order valence-electron chi connectivity index (χ0n) is 26.7. The van der Waals surface area contributed by atoms with E-state index in [-0.39, 0.29) is 31.5 Å². The van der Waals surface area contributed by atoms with Crippen LogP contribution in [0.4, 0.5) is 4.79 Å². The van der Waals surface area contributed by atoms with Gasteiger partial charge in [0.15, 0.2) is 0 Å². The molecule has 0 saturated heterocycles. The van der Waals surface area contributed by atoms with Crippen molar-refractivity contribution in [2.75, 3.05) is 13.2 Å². The van der Waals surface area contributed by atoms with E-state index in [1.54, 1.807) is 13.8 Å². The molecule has 0 aromatic heterocycles. The number of carbonyl (C=O) groups is 4. The Kier molecular flexibility index (Phi) is 11.9. The third-order valence-corrected chi connectivity index (χ3v) is 8.35. The average Bonchev–Trinajstić information content (AvgIpc) is 3.38. The normalized spacial score (nSPS) is 15.2. The van der Waals surface area contributed by atoms with Crippen LogP contribution < -0.4 is 16.0 Å². The smallest absolute Gasteiger partial charge is 0.407 e. The number of benzene rings is 3. The summed E-state index contributed by atoms with van der Waals surface area (Å²) < 4.78 is 10.8. The fraction of sp³-hybridized carbons (Fsp3) is 0.389. The first-order valence-corrected chi connectivity index (χ1v) is 15.7. The fourth-order valence-electron chi connectivity index (χ4n) is 5.66. The van der Waals surface area contributed by atoms with Crippen molar-refractivity contribution in [1.29, 1.82) is 0 Å². The highest BCUT2D eigenvalue weighted by atomic mass is 16.5. The molecule has 3 aromatic carbocycles. The van der Waals surface area contributed by atoms with Crippen LogP contribution in [-0.4, -0.2) is 66.4 Å². The Hall–Kier alpha value is -4.70. The first-order chi connectivity index (χ1) is 22.1. The van der Waals surface area contributed by atoms with Gasteiger partial charge in [0, 0.05) is 12.3 Å². The minimum absolute atomic E-state index is 0.0735. The van der Waals surface area contributed by atoms with Crippen LogP contribution in [0.1, 0.15) is 56.7 Å². The molecule has 1 aliphatic rings. The van der Waals surface area contributed by atoms with Crippen molar-refractivity contribution in [3.05, 3.63) is 95.6 Å². The molecule has 0 fully saturated rings. The number of rotatable bonds is 14. The number of alkyl carbamates (subject to hydrolysis) is 1. The van der Waals surface area contributed by atoms with E-state index >= 15 is 0 Å². The number of carbonyl (C=O) groups excluding carboxylic acids is 4. The second-order valence-electron chi connectivity index (χ2n) is 11.6. The Morgan fingerprint density at radius 3 is 1.87 bits per heavy atom. The second-order valence-corrected chi connectivity index (χ2v) is 11.6. The van der Waals surface area contributed by atoms with Crippen molar-refractivity contribution in [2.45, 2.75) is 70.7 Å². The molecule has 0 aliphatic heterocycles.